The van der Waals surface area contributed by atoms with Crippen molar-refractivity contribution in [3.05, 3.63) is 49.8 Å². The number of thiophene rings is 1. The fraction of sp³-hybridized carbons (Fsp3) is 0. The smallest absolute Gasteiger partial charge is 0.335 e. The normalized spacial score (nSPS) is 10.3. The van der Waals surface area contributed by atoms with Crippen molar-refractivity contribution in [3.63, 3.8) is 0 Å². The van der Waals surface area contributed by atoms with Gasteiger partial charge in [0, 0.05) is 10.5 Å². The van der Waals surface area contributed by atoms with Gasteiger partial charge in [0.05, 0.1) is 20.9 Å². The lowest BCUT2D eigenvalue weighted by atomic mass is 10.1. The summed E-state index contributed by atoms with van der Waals surface area (Å²) in [5, 5.41) is 21.6. The number of carboxylic acids is 1. The number of hydrogen-bond acceptors (Lipinski definition) is 4. The van der Waals surface area contributed by atoms with Crippen LogP contribution in [0.15, 0.2) is 34.1 Å². The van der Waals surface area contributed by atoms with Crippen LogP contribution in [0.1, 0.15) is 10.4 Å². The quantitative estimate of drug-likeness (QED) is 0.687. The molecule has 0 spiro atoms. The van der Waals surface area contributed by atoms with Gasteiger partial charge in [0.25, 0.3) is 5.69 Å². The molecule has 0 unspecified atom stereocenters. The van der Waals surface area contributed by atoms with E-state index >= 15 is 0 Å². The highest BCUT2D eigenvalue weighted by Gasteiger charge is 2.20. The zero-order chi connectivity index (χ0) is 13.3. The van der Waals surface area contributed by atoms with Crippen LogP contribution in [0, 0.1) is 10.1 Å². The van der Waals surface area contributed by atoms with Crippen LogP contribution >= 0.6 is 27.3 Å². The topological polar surface area (TPSA) is 80.4 Å². The number of nitrogens with zero attached hydrogens (tertiary/aromatic N) is 1. The lowest BCUT2D eigenvalue weighted by Crippen LogP contribution is -1.99. The summed E-state index contributed by atoms with van der Waals surface area (Å²) in [6, 6.07) is 5.67. The summed E-state index contributed by atoms with van der Waals surface area (Å²) in [5.74, 6) is -1.19. The maximum atomic E-state index is 11.0. The monoisotopic (exact) mass is 327 g/mol. The average Bonchev–Trinajstić information content (AvgIpc) is 2.74. The van der Waals surface area contributed by atoms with Crippen molar-refractivity contribution in [1.82, 2.24) is 0 Å². The number of carbonyl (C=O) groups is 1. The summed E-state index contributed by atoms with van der Waals surface area (Å²) < 4.78 is 0.749. The number of halogens is 1. The fourth-order valence-electron chi connectivity index (χ4n) is 1.49. The molecule has 0 saturated carbocycles. The Labute approximate surface area is 114 Å². The zero-order valence-corrected chi connectivity index (χ0v) is 11.2. The van der Waals surface area contributed by atoms with Gasteiger partial charge in [-0.05, 0) is 39.5 Å². The molecule has 7 heteroatoms. The van der Waals surface area contributed by atoms with Gasteiger partial charge in [-0.3, -0.25) is 10.1 Å². The predicted molar refractivity (Wildman–Crippen MR) is 71.1 cm³/mol. The summed E-state index contributed by atoms with van der Waals surface area (Å²) in [6.45, 7) is 0. The molecule has 0 fully saturated rings. The minimum Gasteiger partial charge on any atom is -0.478 e. The van der Waals surface area contributed by atoms with E-state index in [9.17, 15) is 14.9 Å². The van der Waals surface area contributed by atoms with E-state index in [1.54, 1.807) is 11.4 Å². The maximum absolute atomic E-state index is 11.0. The predicted octanol–water partition coefficient (Wildman–Crippen LogP) is 3.78. The second-order valence-corrected chi connectivity index (χ2v) is 5.16. The first kappa shape index (κ1) is 12.7. The third-order valence-electron chi connectivity index (χ3n) is 2.30. The van der Waals surface area contributed by atoms with Gasteiger partial charge in [-0.2, -0.15) is 0 Å². The molecule has 1 aromatic heterocycles. The van der Waals surface area contributed by atoms with E-state index in [4.69, 9.17) is 5.11 Å². The Kier molecular flexibility index (Phi) is 3.44. The van der Waals surface area contributed by atoms with Gasteiger partial charge in [0.15, 0.2) is 0 Å². The zero-order valence-electron chi connectivity index (χ0n) is 8.79. The second kappa shape index (κ2) is 4.87. The van der Waals surface area contributed by atoms with Crippen LogP contribution < -0.4 is 0 Å². The lowest BCUT2D eigenvalue weighted by Gasteiger charge is -2.02. The molecule has 0 amide bonds. The van der Waals surface area contributed by atoms with Crippen molar-refractivity contribution in [1.29, 1.82) is 0 Å². The maximum Gasteiger partial charge on any atom is 0.335 e. The standard InChI is InChI=1S/C11H6BrNO4S/c12-8-3-4-18-10(8)7-2-1-6(11(14)15)5-9(7)13(16)17/h1-5H,(H,14,15). The van der Waals surface area contributed by atoms with Crippen molar-refractivity contribution in [2.75, 3.05) is 0 Å². The molecular formula is C11H6BrNO4S. The molecule has 2 rings (SSSR count). The summed E-state index contributed by atoms with van der Waals surface area (Å²) in [4.78, 5) is 21.9. The first-order valence-electron chi connectivity index (χ1n) is 4.76. The Morgan fingerprint density at radius 2 is 2.11 bits per heavy atom. The number of aromatic carboxylic acids is 1. The minimum absolute atomic E-state index is 0.0990. The third kappa shape index (κ3) is 2.27. The van der Waals surface area contributed by atoms with Crippen molar-refractivity contribution in [2.24, 2.45) is 0 Å². The molecule has 0 aliphatic carbocycles. The molecule has 0 radical (unpaired) electrons. The Morgan fingerprint density at radius 3 is 2.61 bits per heavy atom. The van der Waals surface area contributed by atoms with Crippen LogP contribution in [-0.2, 0) is 0 Å². The van der Waals surface area contributed by atoms with Crippen molar-refractivity contribution >= 4 is 38.9 Å². The molecule has 0 bridgehead atoms. The Bertz CT molecular complexity index is 638. The second-order valence-electron chi connectivity index (χ2n) is 3.39. The van der Waals surface area contributed by atoms with Gasteiger partial charge in [0.2, 0.25) is 0 Å². The van der Waals surface area contributed by atoms with E-state index in [-0.39, 0.29) is 11.3 Å². The minimum atomic E-state index is -1.19. The van der Waals surface area contributed by atoms with Gasteiger partial charge >= 0.3 is 5.97 Å². The lowest BCUT2D eigenvalue weighted by molar-refractivity contribution is -0.384. The molecule has 92 valence electrons. The van der Waals surface area contributed by atoms with Crippen LogP contribution in [-0.4, -0.2) is 16.0 Å². The summed E-state index contributed by atoms with van der Waals surface area (Å²) in [5.41, 5.74) is 0.100. The molecule has 5 nitrogen and oxygen atoms in total. The van der Waals surface area contributed by atoms with Crippen LogP contribution in [0.4, 0.5) is 5.69 Å². The van der Waals surface area contributed by atoms with E-state index in [1.165, 1.54) is 23.5 Å². The molecule has 0 aliphatic rings. The largest absolute Gasteiger partial charge is 0.478 e. The highest BCUT2D eigenvalue weighted by molar-refractivity contribution is 9.10. The van der Waals surface area contributed by atoms with Crippen molar-refractivity contribution in [3.8, 4) is 10.4 Å². The van der Waals surface area contributed by atoms with Crippen molar-refractivity contribution < 1.29 is 14.8 Å². The average molecular weight is 328 g/mol. The number of rotatable bonds is 3. The van der Waals surface area contributed by atoms with Crippen LogP contribution in [0.3, 0.4) is 0 Å². The van der Waals surface area contributed by atoms with Gasteiger partial charge in [-0.25, -0.2) is 4.79 Å². The van der Waals surface area contributed by atoms with E-state index in [1.807, 2.05) is 0 Å². The van der Waals surface area contributed by atoms with E-state index in [0.29, 0.717) is 10.4 Å². The van der Waals surface area contributed by atoms with E-state index < -0.39 is 10.9 Å². The first-order chi connectivity index (χ1) is 8.50. The summed E-state index contributed by atoms with van der Waals surface area (Å²) in [7, 11) is 0. The molecule has 0 aliphatic heterocycles. The fourth-order valence-corrected chi connectivity index (χ4v) is 3.12. The molecular weight excluding hydrogens is 322 g/mol. The Hall–Kier alpha value is -1.73. The molecule has 1 heterocycles. The molecule has 1 aromatic carbocycles. The summed E-state index contributed by atoms with van der Waals surface area (Å²) in [6.07, 6.45) is 0. The van der Waals surface area contributed by atoms with Crippen molar-refractivity contribution in [2.45, 2.75) is 0 Å². The van der Waals surface area contributed by atoms with Gasteiger partial charge in [0.1, 0.15) is 0 Å². The van der Waals surface area contributed by atoms with Gasteiger partial charge in [-0.1, -0.05) is 0 Å². The highest BCUT2D eigenvalue weighted by atomic mass is 79.9. The molecule has 18 heavy (non-hydrogen) atoms. The van der Waals surface area contributed by atoms with Crippen LogP contribution in [0.5, 0.6) is 0 Å². The molecule has 2 aromatic rings. The first-order valence-corrected chi connectivity index (χ1v) is 6.43. The number of hydrogen-bond donors (Lipinski definition) is 1. The van der Waals surface area contributed by atoms with Gasteiger partial charge < -0.3 is 5.11 Å². The molecule has 1 N–H and O–H groups in total. The molecule has 0 saturated heterocycles. The van der Waals surface area contributed by atoms with E-state index in [0.717, 1.165) is 10.5 Å². The number of carboxylic acid groups (broad SMARTS) is 1. The third-order valence-corrected chi connectivity index (χ3v) is 4.17. The Balaban J connectivity index is 2.65. The van der Waals surface area contributed by atoms with Crippen LogP contribution in [0.25, 0.3) is 10.4 Å². The number of nitro benzene ring substituents is 1. The summed E-state index contributed by atoms with van der Waals surface area (Å²) >= 11 is 4.65. The SMILES string of the molecule is O=C(O)c1ccc(-c2sccc2Br)c([N+](=O)[O-])c1. The molecule has 0 atom stereocenters. The van der Waals surface area contributed by atoms with E-state index in [2.05, 4.69) is 15.9 Å². The Morgan fingerprint density at radius 1 is 1.39 bits per heavy atom. The van der Waals surface area contributed by atoms with Crippen LogP contribution in [0.2, 0.25) is 0 Å². The van der Waals surface area contributed by atoms with Gasteiger partial charge in [-0.15, -0.1) is 11.3 Å². The number of benzene rings is 1. The number of nitro groups is 1. The highest BCUT2D eigenvalue weighted by Crippen LogP contribution is 2.39.